The van der Waals surface area contributed by atoms with Crippen LogP contribution in [0.25, 0.3) is 0 Å². The number of hydrogen-bond donors (Lipinski definition) is 1. The van der Waals surface area contributed by atoms with E-state index >= 15 is 0 Å². The Morgan fingerprint density at radius 1 is 1.32 bits per heavy atom. The molecule has 0 radical (unpaired) electrons. The highest BCUT2D eigenvalue weighted by Gasteiger charge is 2.32. The molecule has 1 atom stereocenters. The third-order valence-corrected chi connectivity index (χ3v) is 3.14. The summed E-state index contributed by atoms with van der Waals surface area (Å²) in [6.07, 6.45) is 0. The summed E-state index contributed by atoms with van der Waals surface area (Å²) in [5, 5.41) is 3.30. The predicted molar refractivity (Wildman–Crippen MR) is 75.1 cm³/mol. The van der Waals surface area contributed by atoms with Gasteiger partial charge in [-0.05, 0) is 33.4 Å². The fraction of sp³-hybridized carbons (Fsp3) is 0.600. The number of rotatable bonds is 7. The highest BCUT2D eigenvalue weighted by atomic mass is 19.1. The van der Waals surface area contributed by atoms with Crippen LogP contribution in [0.15, 0.2) is 18.2 Å². The normalized spacial score (nSPS) is 13.4. The van der Waals surface area contributed by atoms with Gasteiger partial charge in [0.25, 0.3) is 0 Å². The van der Waals surface area contributed by atoms with Crippen molar-refractivity contribution in [3.63, 3.8) is 0 Å². The molecule has 0 spiro atoms. The molecule has 108 valence electrons. The van der Waals surface area contributed by atoms with E-state index in [-0.39, 0.29) is 11.9 Å². The molecule has 1 rings (SSSR count). The molecule has 0 aliphatic rings. The second kappa shape index (κ2) is 6.87. The van der Waals surface area contributed by atoms with E-state index in [9.17, 15) is 4.39 Å². The summed E-state index contributed by atoms with van der Waals surface area (Å²) in [4.78, 5) is 0. The topological polar surface area (TPSA) is 30.5 Å². The van der Waals surface area contributed by atoms with Gasteiger partial charge in [0, 0.05) is 18.2 Å². The molecule has 0 fully saturated rings. The van der Waals surface area contributed by atoms with Crippen LogP contribution in [-0.2, 0) is 4.74 Å². The highest BCUT2D eigenvalue weighted by Crippen LogP contribution is 2.32. The maximum absolute atomic E-state index is 14.2. The summed E-state index contributed by atoms with van der Waals surface area (Å²) in [7, 11) is 1.53. The molecular formula is C15H24FNO2. The van der Waals surface area contributed by atoms with Crippen molar-refractivity contribution in [2.45, 2.75) is 39.3 Å². The van der Waals surface area contributed by atoms with Gasteiger partial charge < -0.3 is 14.8 Å². The third-order valence-electron chi connectivity index (χ3n) is 3.14. The first kappa shape index (κ1) is 15.9. The van der Waals surface area contributed by atoms with E-state index in [2.05, 4.69) is 5.32 Å². The molecule has 0 amide bonds. The Hall–Kier alpha value is -1.13. The fourth-order valence-electron chi connectivity index (χ4n) is 2.26. The van der Waals surface area contributed by atoms with Gasteiger partial charge in [0.2, 0.25) is 0 Å². The smallest absolute Gasteiger partial charge is 0.131 e. The second-order valence-electron chi connectivity index (χ2n) is 4.91. The van der Waals surface area contributed by atoms with Crippen LogP contribution in [0.4, 0.5) is 4.39 Å². The summed E-state index contributed by atoms with van der Waals surface area (Å²) in [6, 6.07) is 4.72. The van der Waals surface area contributed by atoms with E-state index in [1.807, 2.05) is 27.7 Å². The Labute approximate surface area is 115 Å². The van der Waals surface area contributed by atoms with Gasteiger partial charge in [0.1, 0.15) is 11.6 Å². The maximum atomic E-state index is 14.2. The predicted octanol–water partition coefficient (Wildman–Crippen LogP) is 3.30. The molecule has 19 heavy (non-hydrogen) atoms. The van der Waals surface area contributed by atoms with Gasteiger partial charge in [-0.25, -0.2) is 4.39 Å². The summed E-state index contributed by atoms with van der Waals surface area (Å²) in [5.41, 5.74) is 0.112. The zero-order valence-electron chi connectivity index (χ0n) is 12.4. The first-order valence-electron chi connectivity index (χ1n) is 6.67. The number of methoxy groups -OCH3 is 1. The third kappa shape index (κ3) is 3.91. The molecule has 4 heteroatoms. The molecular weight excluding hydrogens is 245 g/mol. The number of likely N-dealkylation sites (N-methyl/N-ethyl adjacent to an activating group) is 1. The van der Waals surface area contributed by atoms with Crippen LogP contribution in [0.2, 0.25) is 0 Å². The number of benzene rings is 1. The van der Waals surface area contributed by atoms with E-state index in [1.54, 1.807) is 12.1 Å². The zero-order chi connectivity index (χ0) is 14.5. The van der Waals surface area contributed by atoms with Crippen LogP contribution >= 0.6 is 0 Å². The fourth-order valence-corrected chi connectivity index (χ4v) is 2.26. The molecule has 0 saturated heterocycles. The molecule has 0 heterocycles. The molecule has 1 unspecified atom stereocenters. The molecule has 1 aromatic rings. The van der Waals surface area contributed by atoms with Crippen molar-refractivity contribution in [2.24, 2.45) is 0 Å². The van der Waals surface area contributed by atoms with Crippen LogP contribution in [-0.4, -0.2) is 25.9 Å². The summed E-state index contributed by atoms with van der Waals surface area (Å²) >= 11 is 0. The number of hydrogen-bond acceptors (Lipinski definition) is 3. The summed E-state index contributed by atoms with van der Waals surface area (Å²) in [6.45, 7) is 9.20. The first-order valence-corrected chi connectivity index (χ1v) is 6.67. The Morgan fingerprint density at radius 3 is 2.47 bits per heavy atom. The average molecular weight is 269 g/mol. The van der Waals surface area contributed by atoms with Gasteiger partial charge in [0.05, 0.1) is 18.8 Å². The van der Waals surface area contributed by atoms with E-state index in [4.69, 9.17) is 9.47 Å². The molecule has 0 aliphatic carbocycles. The van der Waals surface area contributed by atoms with Crippen LogP contribution < -0.4 is 10.1 Å². The largest absolute Gasteiger partial charge is 0.497 e. The first-order chi connectivity index (χ1) is 8.96. The Balaban J connectivity index is 3.11. The van der Waals surface area contributed by atoms with Crippen molar-refractivity contribution < 1.29 is 13.9 Å². The number of halogens is 1. The van der Waals surface area contributed by atoms with Crippen molar-refractivity contribution in [3.05, 3.63) is 29.6 Å². The van der Waals surface area contributed by atoms with E-state index in [1.165, 1.54) is 13.2 Å². The standard InChI is InChI=1S/C15H24FNO2/c1-6-17-14(15(3,4)19-7-2)12-9-8-11(18-5)10-13(12)16/h8-10,14,17H,6-7H2,1-5H3. The van der Waals surface area contributed by atoms with Gasteiger partial charge in [-0.1, -0.05) is 13.0 Å². The number of ether oxygens (including phenoxy) is 2. The lowest BCUT2D eigenvalue weighted by molar-refractivity contribution is -0.0396. The van der Waals surface area contributed by atoms with Crippen molar-refractivity contribution in [3.8, 4) is 5.75 Å². The second-order valence-corrected chi connectivity index (χ2v) is 4.91. The number of nitrogens with one attached hydrogen (secondary N) is 1. The molecule has 0 saturated carbocycles. The minimum Gasteiger partial charge on any atom is -0.497 e. The van der Waals surface area contributed by atoms with Crippen molar-refractivity contribution in [1.82, 2.24) is 5.32 Å². The molecule has 3 nitrogen and oxygen atoms in total. The monoisotopic (exact) mass is 269 g/mol. The lowest BCUT2D eigenvalue weighted by atomic mass is 9.91. The zero-order valence-corrected chi connectivity index (χ0v) is 12.4. The van der Waals surface area contributed by atoms with Gasteiger partial charge in [-0.3, -0.25) is 0 Å². The van der Waals surface area contributed by atoms with Crippen LogP contribution in [0.5, 0.6) is 5.75 Å². The van der Waals surface area contributed by atoms with E-state index in [0.29, 0.717) is 17.9 Å². The molecule has 0 aromatic heterocycles. The van der Waals surface area contributed by atoms with Crippen molar-refractivity contribution in [1.29, 1.82) is 0 Å². The Bertz CT molecular complexity index is 407. The summed E-state index contributed by atoms with van der Waals surface area (Å²) < 4.78 is 25.0. The molecule has 0 bridgehead atoms. The van der Waals surface area contributed by atoms with Gasteiger partial charge in [0.15, 0.2) is 0 Å². The van der Waals surface area contributed by atoms with Gasteiger partial charge in [-0.2, -0.15) is 0 Å². The maximum Gasteiger partial charge on any atom is 0.131 e. The summed E-state index contributed by atoms with van der Waals surface area (Å²) in [5.74, 6) is 0.240. The molecule has 0 aliphatic heterocycles. The SMILES string of the molecule is CCNC(c1ccc(OC)cc1F)C(C)(C)OCC. The Morgan fingerprint density at radius 2 is 2.00 bits per heavy atom. The quantitative estimate of drug-likeness (QED) is 0.824. The minimum atomic E-state index is -0.486. The average Bonchev–Trinajstić information content (AvgIpc) is 2.36. The van der Waals surface area contributed by atoms with Crippen LogP contribution in [0.1, 0.15) is 39.3 Å². The van der Waals surface area contributed by atoms with Gasteiger partial charge in [-0.15, -0.1) is 0 Å². The van der Waals surface area contributed by atoms with Gasteiger partial charge >= 0.3 is 0 Å². The van der Waals surface area contributed by atoms with Crippen molar-refractivity contribution in [2.75, 3.05) is 20.3 Å². The molecule has 1 aromatic carbocycles. The highest BCUT2D eigenvalue weighted by molar-refractivity contribution is 5.32. The molecule has 1 N–H and O–H groups in total. The van der Waals surface area contributed by atoms with Crippen molar-refractivity contribution >= 4 is 0 Å². The van der Waals surface area contributed by atoms with Crippen LogP contribution in [0.3, 0.4) is 0 Å². The van der Waals surface area contributed by atoms with E-state index in [0.717, 1.165) is 6.54 Å². The van der Waals surface area contributed by atoms with E-state index < -0.39 is 5.60 Å². The van der Waals surface area contributed by atoms with Crippen LogP contribution in [0, 0.1) is 5.82 Å². The minimum absolute atomic E-state index is 0.205. The Kier molecular flexibility index (Phi) is 5.76. The lowest BCUT2D eigenvalue weighted by Crippen LogP contribution is -2.42. The lowest BCUT2D eigenvalue weighted by Gasteiger charge is -2.35.